The van der Waals surface area contributed by atoms with Crippen molar-refractivity contribution in [2.75, 3.05) is 0 Å². The van der Waals surface area contributed by atoms with Gasteiger partial charge in [0.1, 0.15) is 5.75 Å². The Hall–Kier alpha value is -0.890. The lowest BCUT2D eigenvalue weighted by Gasteiger charge is -2.16. The summed E-state index contributed by atoms with van der Waals surface area (Å²) >= 11 is 22.6. The minimum absolute atomic E-state index is 0.00387. The molecule has 0 saturated carbocycles. The van der Waals surface area contributed by atoms with Gasteiger partial charge in [-0.3, -0.25) is 4.57 Å². The Morgan fingerprint density at radius 1 is 1.26 bits per heavy atom. The van der Waals surface area contributed by atoms with Crippen LogP contribution in [0.1, 0.15) is 19.7 Å². The molecule has 2 rings (SSSR count). The SMILES string of the molecule is CC(C)Oc1cc(Cl)c(-n2c(C(F)(F)Cl)nn(C)c2=S)cc1Cl. The van der Waals surface area contributed by atoms with Crippen LogP contribution in [0, 0.1) is 4.77 Å². The highest BCUT2D eigenvalue weighted by Gasteiger charge is 2.36. The summed E-state index contributed by atoms with van der Waals surface area (Å²) < 4.78 is 34.8. The number of benzene rings is 1. The van der Waals surface area contributed by atoms with Gasteiger partial charge in [0.05, 0.1) is 21.8 Å². The first-order chi connectivity index (χ1) is 10.5. The molecule has 0 spiro atoms. The maximum Gasteiger partial charge on any atom is 0.382 e. The monoisotopic (exact) mass is 401 g/mol. The topological polar surface area (TPSA) is 32.0 Å². The van der Waals surface area contributed by atoms with E-state index < -0.39 is 11.2 Å². The van der Waals surface area contributed by atoms with Gasteiger partial charge in [-0.15, -0.1) is 5.10 Å². The zero-order valence-corrected chi connectivity index (χ0v) is 15.4. The van der Waals surface area contributed by atoms with Crippen LogP contribution in [-0.4, -0.2) is 20.5 Å². The van der Waals surface area contributed by atoms with Gasteiger partial charge in [0, 0.05) is 13.1 Å². The largest absolute Gasteiger partial charge is 0.489 e. The number of hydrogen-bond donors (Lipinski definition) is 0. The third-order valence-electron chi connectivity index (χ3n) is 2.78. The molecule has 0 atom stereocenters. The standard InChI is InChI=1S/C13H12Cl3F2N3OS/c1-6(2)22-10-5-7(14)9(4-8(10)15)21-11(13(16,17)18)19-20(3)12(21)23/h4-6H,1-3H3. The lowest BCUT2D eigenvalue weighted by molar-refractivity contribution is 0.0818. The molecule has 0 bridgehead atoms. The van der Waals surface area contributed by atoms with Gasteiger partial charge in [0.25, 0.3) is 0 Å². The zero-order valence-electron chi connectivity index (χ0n) is 12.3. The summed E-state index contributed by atoms with van der Waals surface area (Å²) in [5.74, 6) is -0.410. The molecule has 0 aliphatic heterocycles. The van der Waals surface area contributed by atoms with E-state index in [1.54, 1.807) is 0 Å². The number of halogens is 5. The lowest BCUT2D eigenvalue weighted by atomic mass is 10.3. The van der Waals surface area contributed by atoms with Gasteiger partial charge in [-0.1, -0.05) is 23.2 Å². The van der Waals surface area contributed by atoms with Crippen LogP contribution in [0.5, 0.6) is 5.75 Å². The van der Waals surface area contributed by atoms with Crippen LogP contribution in [-0.2, 0) is 12.4 Å². The molecule has 10 heteroatoms. The fraction of sp³-hybridized carbons (Fsp3) is 0.385. The fourth-order valence-corrected chi connectivity index (χ4v) is 2.69. The van der Waals surface area contributed by atoms with Crippen molar-refractivity contribution in [3.8, 4) is 11.4 Å². The average Bonchev–Trinajstić information content (AvgIpc) is 2.69. The number of rotatable bonds is 4. The first-order valence-corrected chi connectivity index (χ1v) is 7.96. The van der Waals surface area contributed by atoms with Crippen molar-refractivity contribution in [2.24, 2.45) is 7.05 Å². The number of alkyl halides is 3. The van der Waals surface area contributed by atoms with E-state index >= 15 is 0 Å². The zero-order chi connectivity index (χ0) is 17.5. The molecule has 0 saturated heterocycles. The predicted octanol–water partition coefficient (Wildman–Crippen LogP) is 5.32. The van der Waals surface area contributed by atoms with E-state index in [1.807, 2.05) is 13.8 Å². The summed E-state index contributed by atoms with van der Waals surface area (Å²) in [4.78, 5) is 0. The van der Waals surface area contributed by atoms with Crippen molar-refractivity contribution in [3.63, 3.8) is 0 Å². The molecule has 23 heavy (non-hydrogen) atoms. The summed E-state index contributed by atoms with van der Waals surface area (Å²) in [5.41, 5.74) is 0.140. The molecular weight excluding hydrogens is 391 g/mol. The molecule has 1 heterocycles. The average molecular weight is 403 g/mol. The maximum absolute atomic E-state index is 13.6. The molecule has 0 unspecified atom stereocenters. The number of nitrogens with zero attached hydrogens (tertiary/aromatic N) is 3. The molecule has 0 aliphatic carbocycles. The van der Waals surface area contributed by atoms with E-state index in [-0.39, 0.29) is 26.6 Å². The van der Waals surface area contributed by atoms with Gasteiger partial charge in [-0.25, -0.2) is 4.68 Å². The smallest absolute Gasteiger partial charge is 0.382 e. The third kappa shape index (κ3) is 3.79. The Kier molecular flexibility index (Phi) is 5.25. The highest BCUT2D eigenvalue weighted by atomic mass is 35.5. The first kappa shape index (κ1) is 18.4. The molecule has 1 aromatic heterocycles. The summed E-state index contributed by atoms with van der Waals surface area (Å²) in [6.45, 7) is 3.64. The second-order valence-electron chi connectivity index (χ2n) is 4.96. The van der Waals surface area contributed by atoms with Crippen LogP contribution < -0.4 is 4.74 Å². The van der Waals surface area contributed by atoms with Crippen LogP contribution in [0.25, 0.3) is 5.69 Å². The first-order valence-electron chi connectivity index (χ1n) is 6.41. The Morgan fingerprint density at radius 3 is 2.39 bits per heavy atom. The second-order valence-corrected chi connectivity index (χ2v) is 6.62. The van der Waals surface area contributed by atoms with Crippen molar-refractivity contribution < 1.29 is 13.5 Å². The maximum atomic E-state index is 13.6. The van der Waals surface area contributed by atoms with E-state index in [2.05, 4.69) is 5.10 Å². The van der Waals surface area contributed by atoms with Gasteiger partial charge in [0.2, 0.25) is 10.6 Å². The third-order valence-corrected chi connectivity index (χ3v) is 4.00. The van der Waals surface area contributed by atoms with Crippen molar-refractivity contribution in [1.82, 2.24) is 14.3 Å². The predicted molar refractivity (Wildman–Crippen MR) is 88.9 cm³/mol. The molecule has 2 aromatic rings. The van der Waals surface area contributed by atoms with Gasteiger partial charge in [-0.05, 0) is 43.7 Å². The van der Waals surface area contributed by atoms with Crippen LogP contribution >= 0.6 is 47.0 Å². The number of aromatic nitrogens is 3. The van der Waals surface area contributed by atoms with E-state index in [1.165, 1.54) is 19.2 Å². The fourth-order valence-electron chi connectivity index (χ4n) is 1.90. The van der Waals surface area contributed by atoms with Crippen LogP contribution in [0.3, 0.4) is 0 Å². The quantitative estimate of drug-likeness (QED) is 0.512. The van der Waals surface area contributed by atoms with Crippen LogP contribution in [0.15, 0.2) is 12.1 Å². The molecule has 4 nitrogen and oxygen atoms in total. The van der Waals surface area contributed by atoms with Gasteiger partial charge in [-0.2, -0.15) is 8.78 Å². The van der Waals surface area contributed by atoms with E-state index in [0.717, 1.165) is 9.25 Å². The minimum atomic E-state index is -3.72. The van der Waals surface area contributed by atoms with Gasteiger partial charge < -0.3 is 4.74 Å². The molecule has 0 aliphatic rings. The molecular formula is C13H12Cl3F2N3OS. The Balaban J connectivity index is 2.69. The Bertz CT molecular complexity index is 799. The summed E-state index contributed by atoms with van der Waals surface area (Å²) in [6.07, 6.45) is -0.127. The lowest BCUT2D eigenvalue weighted by Crippen LogP contribution is -2.13. The Morgan fingerprint density at radius 2 is 1.87 bits per heavy atom. The number of ether oxygens (including phenoxy) is 1. The molecule has 0 amide bonds. The van der Waals surface area contributed by atoms with Crippen LogP contribution in [0.4, 0.5) is 8.78 Å². The summed E-state index contributed by atoms with van der Waals surface area (Å²) in [5, 5.41) is 0.259. The van der Waals surface area contributed by atoms with Gasteiger partial charge >= 0.3 is 5.38 Å². The second kappa shape index (κ2) is 6.55. The molecule has 0 fully saturated rings. The number of hydrogen-bond acceptors (Lipinski definition) is 3. The minimum Gasteiger partial charge on any atom is -0.489 e. The molecule has 126 valence electrons. The highest BCUT2D eigenvalue weighted by Crippen LogP contribution is 2.38. The highest BCUT2D eigenvalue weighted by molar-refractivity contribution is 7.71. The van der Waals surface area contributed by atoms with E-state index in [4.69, 9.17) is 51.8 Å². The van der Waals surface area contributed by atoms with Crippen LogP contribution in [0.2, 0.25) is 10.0 Å². The molecule has 0 N–H and O–H groups in total. The van der Waals surface area contributed by atoms with Crippen molar-refractivity contribution in [2.45, 2.75) is 25.3 Å². The molecule has 0 radical (unpaired) electrons. The van der Waals surface area contributed by atoms with E-state index in [9.17, 15) is 8.78 Å². The van der Waals surface area contributed by atoms with Crippen molar-refractivity contribution in [1.29, 1.82) is 0 Å². The van der Waals surface area contributed by atoms with Crippen molar-refractivity contribution in [3.05, 3.63) is 32.8 Å². The Labute approximate surface area is 151 Å². The number of aryl methyl sites for hydroxylation is 1. The normalized spacial score (nSPS) is 12.0. The van der Waals surface area contributed by atoms with Gasteiger partial charge in [0.15, 0.2) is 0 Å². The summed E-state index contributed by atoms with van der Waals surface area (Å²) in [7, 11) is 1.43. The van der Waals surface area contributed by atoms with Crippen molar-refractivity contribution >= 4 is 47.0 Å². The van der Waals surface area contributed by atoms with E-state index in [0.29, 0.717) is 5.75 Å². The molecule has 1 aromatic carbocycles. The summed E-state index contributed by atoms with van der Waals surface area (Å²) in [6, 6.07) is 2.81.